The molecule has 3 aliphatic heterocycles. The molecular weight excluding hydrogens is 791 g/mol. The lowest BCUT2D eigenvalue weighted by Gasteiger charge is -2.39. The lowest BCUT2D eigenvalue weighted by molar-refractivity contribution is -0.997. The van der Waals surface area contributed by atoms with Crippen LogP contribution in [-0.2, 0) is 16.7 Å². The summed E-state index contributed by atoms with van der Waals surface area (Å²) in [5, 5.41) is 0. The fraction of sp³-hybridized carbons (Fsp3) is 0.311. The van der Waals surface area contributed by atoms with E-state index in [0.717, 1.165) is 78.5 Å². The zero-order valence-electron chi connectivity index (χ0n) is 44.3. The molecular formula is C61H63N3O+2. The van der Waals surface area contributed by atoms with Crippen molar-refractivity contribution in [2.45, 2.75) is 119 Å². The van der Waals surface area contributed by atoms with E-state index in [2.05, 4.69) is 200 Å². The highest BCUT2D eigenvalue weighted by atomic mass is 16.5. The van der Waals surface area contributed by atoms with Gasteiger partial charge < -0.3 is 4.74 Å². The van der Waals surface area contributed by atoms with E-state index in [-0.39, 0.29) is 52.3 Å². The Kier molecular flexibility index (Phi) is 7.90. The molecule has 1 spiro atoms. The van der Waals surface area contributed by atoms with E-state index in [1.807, 2.05) is 6.07 Å². The Hall–Kier alpha value is -6.26. The first-order valence-electron chi connectivity index (χ1n) is 25.5. The van der Waals surface area contributed by atoms with Gasteiger partial charge in [-0.1, -0.05) is 161 Å². The Bertz CT molecular complexity index is 3500. The highest BCUT2D eigenvalue weighted by Gasteiger charge is 2.69. The predicted octanol–water partition coefficient (Wildman–Crippen LogP) is 14.9. The Labute approximate surface area is 391 Å². The zero-order valence-corrected chi connectivity index (χ0v) is 40.3. The molecule has 0 amide bonds. The van der Waals surface area contributed by atoms with Gasteiger partial charge in [-0.25, -0.2) is 0 Å². The van der Waals surface area contributed by atoms with Crippen molar-refractivity contribution in [2.24, 2.45) is 5.41 Å². The number of rotatable bonds is 6. The van der Waals surface area contributed by atoms with Crippen molar-refractivity contribution in [3.8, 4) is 67.5 Å². The lowest BCUT2D eigenvalue weighted by atomic mass is 9.65. The largest absolute Gasteiger partial charge is 0.499 e. The van der Waals surface area contributed by atoms with E-state index in [1.54, 1.807) is 6.92 Å². The zero-order chi connectivity index (χ0) is 49.2. The van der Waals surface area contributed by atoms with Gasteiger partial charge in [0.2, 0.25) is 5.69 Å². The number of hydrogen-bond acceptors (Lipinski definition) is 1. The maximum atomic E-state index is 9.17. The molecule has 4 heteroatoms. The van der Waals surface area contributed by atoms with Gasteiger partial charge in [-0.3, -0.25) is 0 Å². The van der Waals surface area contributed by atoms with Crippen LogP contribution in [0.25, 0.3) is 72.7 Å². The van der Waals surface area contributed by atoms with Crippen molar-refractivity contribution in [3.05, 3.63) is 167 Å². The number of pyridine rings is 1. The highest BCUT2D eigenvalue weighted by Crippen LogP contribution is 2.56. The molecule has 1 atom stereocenters. The van der Waals surface area contributed by atoms with Crippen molar-refractivity contribution in [3.63, 3.8) is 0 Å². The van der Waals surface area contributed by atoms with Crippen LogP contribution in [0.5, 0.6) is 5.75 Å². The van der Waals surface area contributed by atoms with Crippen LogP contribution in [-0.4, -0.2) is 4.57 Å². The second-order valence-electron chi connectivity index (χ2n) is 22.0. The molecule has 0 saturated carbocycles. The molecule has 65 heavy (non-hydrogen) atoms. The first kappa shape index (κ1) is 37.0. The number of imidazole rings is 1. The SMILES string of the molecule is [2H]c1c([2H])c(-c2cc[n+]3c(c2)-c2cc(C(C)(C)C)cc4c2C32Oc3c(cc(C(C)C)cc3C(C)C)-c3n(-c5ccc(C(C)(C)C(C)(C)C)cc5-c5ccccc5)c5cccc-4c5[n+]32)c([2H])c([2H])c1C. The molecule has 6 aromatic carbocycles. The monoisotopic (exact) mass is 858 g/mol. The highest BCUT2D eigenvalue weighted by molar-refractivity contribution is 5.98. The van der Waals surface area contributed by atoms with E-state index in [1.165, 1.54) is 16.7 Å². The van der Waals surface area contributed by atoms with Crippen LogP contribution in [0, 0.1) is 12.3 Å². The first-order chi connectivity index (χ1) is 32.5. The fourth-order valence-electron chi connectivity index (χ4n) is 10.5. The second kappa shape index (κ2) is 13.9. The van der Waals surface area contributed by atoms with Crippen molar-refractivity contribution in [2.75, 3.05) is 0 Å². The summed E-state index contributed by atoms with van der Waals surface area (Å²) in [5.74, 6) is 1.05. The molecule has 0 bridgehead atoms. The normalized spacial score (nSPS) is 16.8. The summed E-state index contributed by atoms with van der Waals surface area (Å²) in [6.07, 6.45) is 2.06. The molecule has 4 nitrogen and oxygen atoms in total. The van der Waals surface area contributed by atoms with Crippen LogP contribution < -0.4 is 13.9 Å². The minimum Gasteiger partial charge on any atom is -0.392 e. The maximum Gasteiger partial charge on any atom is 0.499 e. The number of ether oxygens (including phenoxy) is 1. The Morgan fingerprint density at radius 1 is 0.631 bits per heavy atom. The van der Waals surface area contributed by atoms with E-state index < -0.39 is 5.85 Å². The second-order valence-corrected chi connectivity index (χ2v) is 22.0. The third-order valence-electron chi connectivity index (χ3n) is 15.3. The quantitative estimate of drug-likeness (QED) is 0.153. The van der Waals surface area contributed by atoms with Crippen LogP contribution in [0.1, 0.15) is 134 Å². The van der Waals surface area contributed by atoms with E-state index in [0.29, 0.717) is 16.7 Å². The van der Waals surface area contributed by atoms with Crippen LogP contribution in [0.2, 0.25) is 0 Å². The van der Waals surface area contributed by atoms with Crippen molar-refractivity contribution in [1.29, 1.82) is 0 Å². The van der Waals surface area contributed by atoms with Gasteiger partial charge >= 0.3 is 11.7 Å². The Morgan fingerprint density at radius 2 is 1.34 bits per heavy atom. The van der Waals surface area contributed by atoms with Gasteiger partial charge in [-0.05, 0) is 116 Å². The van der Waals surface area contributed by atoms with Crippen molar-refractivity contribution >= 4 is 11.0 Å². The Balaban J connectivity index is 1.34. The molecule has 1 unspecified atom stereocenters. The minimum atomic E-state index is -1.23. The summed E-state index contributed by atoms with van der Waals surface area (Å²) in [7, 11) is 0. The number of para-hydroxylation sites is 1. The molecule has 0 saturated heterocycles. The van der Waals surface area contributed by atoms with Crippen LogP contribution in [0.3, 0.4) is 0 Å². The smallest absolute Gasteiger partial charge is 0.392 e. The van der Waals surface area contributed by atoms with Crippen LogP contribution >= 0.6 is 0 Å². The van der Waals surface area contributed by atoms with Crippen LogP contribution in [0.4, 0.5) is 0 Å². The molecule has 326 valence electrons. The van der Waals surface area contributed by atoms with Gasteiger partial charge in [0.05, 0.1) is 11.0 Å². The summed E-state index contributed by atoms with van der Waals surface area (Å²) in [4.78, 5) is 0. The summed E-state index contributed by atoms with van der Waals surface area (Å²) in [6.45, 7) is 29.2. The molecule has 3 aliphatic rings. The summed E-state index contributed by atoms with van der Waals surface area (Å²) in [5.41, 5.74) is 17.5. The number of aromatic nitrogens is 3. The fourth-order valence-corrected chi connectivity index (χ4v) is 10.5. The molecule has 5 heterocycles. The number of hydrogen-bond donors (Lipinski definition) is 0. The molecule has 11 rings (SSSR count). The minimum absolute atomic E-state index is 0.00625. The Morgan fingerprint density at radius 3 is 2.02 bits per heavy atom. The molecule has 8 aromatic rings. The average Bonchev–Trinajstić information content (AvgIpc) is 3.80. The number of benzene rings is 6. The maximum absolute atomic E-state index is 9.17. The van der Waals surface area contributed by atoms with E-state index in [9.17, 15) is 0 Å². The lowest BCUT2D eigenvalue weighted by Crippen LogP contribution is -2.78. The number of fused-ring (bicyclic) bond motifs is 5. The first-order valence-corrected chi connectivity index (χ1v) is 23.5. The van der Waals surface area contributed by atoms with Gasteiger partial charge in [0.15, 0.2) is 23.0 Å². The molecule has 0 N–H and O–H groups in total. The van der Waals surface area contributed by atoms with Gasteiger partial charge in [0.1, 0.15) is 16.8 Å². The van der Waals surface area contributed by atoms with Crippen LogP contribution in [0.15, 0.2) is 133 Å². The third kappa shape index (κ3) is 5.81. The molecule has 0 radical (unpaired) electrons. The van der Waals surface area contributed by atoms with Gasteiger partial charge in [-0.15, -0.1) is 9.13 Å². The third-order valence-corrected chi connectivity index (χ3v) is 15.3. The topological polar surface area (TPSA) is 21.9 Å². The average molecular weight is 858 g/mol. The molecule has 0 aliphatic carbocycles. The van der Waals surface area contributed by atoms with E-state index in [4.69, 9.17) is 10.2 Å². The summed E-state index contributed by atoms with van der Waals surface area (Å²) < 4.78 is 51.3. The summed E-state index contributed by atoms with van der Waals surface area (Å²) in [6, 6.07) is 38.0. The number of nitrogens with zero attached hydrogens (tertiary/aromatic N) is 3. The van der Waals surface area contributed by atoms with Gasteiger partial charge in [-0.2, -0.15) is 4.57 Å². The summed E-state index contributed by atoms with van der Waals surface area (Å²) >= 11 is 0. The van der Waals surface area contributed by atoms with Crippen molar-refractivity contribution < 1.29 is 19.4 Å². The van der Waals surface area contributed by atoms with Crippen molar-refractivity contribution in [1.82, 2.24) is 4.57 Å². The van der Waals surface area contributed by atoms with Gasteiger partial charge in [0.25, 0.3) is 0 Å². The standard InChI is InChI=1S/C61H63N3O/c1-36(2)42-30-46(37(3)4)56-50(31-42)57-63(51-27-26-43(60(12,13)59(9,10)11)33-47(51)40-18-15-14-16-19-40)52-21-17-20-45-48-34-44(58(6,7)8)35-49-53-32-41(39-24-22-38(5)23-25-39)28-29-62(53)61(65-56,54(48)49)64(57)55(45)52/h14-37H,1-13H3/q+2/i22D,23D,24D,25D. The molecule has 2 aromatic heterocycles. The molecule has 0 fully saturated rings. The predicted molar refractivity (Wildman–Crippen MR) is 268 cm³/mol. The van der Waals surface area contributed by atoms with E-state index >= 15 is 0 Å². The van der Waals surface area contributed by atoms with Gasteiger partial charge in [0, 0.05) is 28.8 Å².